The molecule has 28 heavy (non-hydrogen) atoms. The monoisotopic (exact) mass is 393 g/mol. The highest BCUT2D eigenvalue weighted by Crippen LogP contribution is 2.32. The Morgan fingerprint density at radius 3 is 2.71 bits per heavy atom. The molecule has 142 valence electrons. The molecule has 0 bridgehead atoms. The first-order chi connectivity index (χ1) is 13.5. The molecule has 0 saturated carbocycles. The maximum absolute atomic E-state index is 12.7. The predicted octanol–water partition coefficient (Wildman–Crippen LogP) is 3.01. The van der Waals surface area contributed by atoms with Crippen molar-refractivity contribution in [2.45, 2.75) is 19.9 Å². The number of fused-ring (bicyclic) bond motifs is 1. The Kier molecular flexibility index (Phi) is 5.00. The molecule has 1 aromatic heterocycles. The lowest BCUT2D eigenvalue weighted by atomic mass is 10.00. The third kappa shape index (κ3) is 3.71. The van der Waals surface area contributed by atoms with Crippen molar-refractivity contribution in [1.82, 2.24) is 14.8 Å². The number of pyridine rings is 1. The summed E-state index contributed by atoms with van der Waals surface area (Å²) < 4.78 is 0. The lowest BCUT2D eigenvalue weighted by Crippen LogP contribution is -2.44. The van der Waals surface area contributed by atoms with E-state index in [1.165, 1.54) is 5.56 Å². The number of aromatic nitrogens is 1. The molecule has 2 aliphatic heterocycles. The van der Waals surface area contributed by atoms with Gasteiger partial charge in [0.1, 0.15) is 6.54 Å². The summed E-state index contributed by atoms with van der Waals surface area (Å²) in [6, 6.07) is 13.5. The van der Waals surface area contributed by atoms with Crippen molar-refractivity contribution in [3.8, 4) is 0 Å². The van der Waals surface area contributed by atoms with Gasteiger partial charge >= 0.3 is 0 Å². The van der Waals surface area contributed by atoms with Crippen molar-refractivity contribution in [1.29, 1.82) is 0 Å². The molecule has 0 atom stereocenters. The van der Waals surface area contributed by atoms with Gasteiger partial charge < -0.3 is 4.90 Å². The molecule has 7 heteroatoms. The molecule has 0 aliphatic carbocycles. The molecule has 6 nitrogen and oxygen atoms in total. The lowest BCUT2D eigenvalue weighted by molar-refractivity contribution is -0.136. The summed E-state index contributed by atoms with van der Waals surface area (Å²) in [7, 11) is 0. The van der Waals surface area contributed by atoms with Crippen LogP contribution in [0.3, 0.4) is 0 Å². The van der Waals surface area contributed by atoms with Crippen molar-refractivity contribution in [3.05, 3.63) is 69.9 Å². The number of hydrogen-bond donors (Lipinski definition) is 0. The number of amides is 3. The van der Waals surface area contributed by atoms with Crippen LogP contribution in [-0.2, 0) is 22.6 Å². The Hall–Kier alpha value is -2.93. The van der Waals surface area contributed by atoms with E-state index in [0.717, 1.165) is 34.3 Å². The Morgan fingerprint density at radius 1 is 1.14 bits per heavy atom. The second-order valence-corrected chi connectivity index (χ2v) is 7.80. The zero-order valence-electron chi connectivity index (χ0n) is 15.4. The summed E-state index contributed by atoms with van der Waals surface area (Å²) >= 11 is 0.847. The van der Waals surface area contributed by atoms with Gasteiger partial charge in [-0.2, -0.15) is 0 Å². The summed E-state index contributed by atoms with van der Waals surface area (Å²) in [4.78, 5) is 45.0. The van der Waals surface area contributed by atoms with Crippen molar-refractivity contribution < 1.29 is 14.4 Å². The van der Waals surface area contributed by atoms with Crippen LogP contribution in [0.1, 0.15) is 22.5 Å². The minimum Gasteiger partial charge on any atom is -0.336 e. The third-order valence-corrected chi connectivity index (χ3v) is 5.75. The van der Waals surface area contributed by atoms with Gasteiger partial charge in [0.25, 0.3) is 11.1 Å². The van der Waals surface area contributed by atoms with Gasteiger partial charge in [-0.3, -0.25) is 24.3 Å². The number of imide groups is 1. The largest absolute Gasteiger partial charge is 0.336 e. The van der Waals surface area contributed by atoms with Gasteiger partial charge in [0.05, 0.1) is 10.6 Å². The highest BCUT2D eigenvalue weighted by Gasteiger charge is 2.37. The zero-order chi connectivity index (χ0) is 19.7. The molecule has 0 radical (unpaired) electrons. The van der Waals surface area contributed by atoms with Gasteiger partial charge in [-0.05, 0) is 54.4 Å². The van der Waals surface area contributed by atoms with E-state index >= 15 is 0 Å². The molecule has 3 amide bonds. The summed E-state index contributed by atoms with van der Waals surface area (Å²) in [5.74, 6) is -0.657. The molecule has 2 aromatic rings. The normalized spacial score (nSPS) is 18.0. The van der Waals surface area contributed by atoms with Crippen molar-refractivity contribution in [3.63, 3.8) is 0 Å². The minimum atomic E-state index is -0.441. The van der Waals surface area contributed by atoms with Gasteiger partial charge in [0.2, 0.25) is 5.91 Å². The quantitative estimate of drug-likeness (QED) is 0.750. The Balaban J connectivity index is 1.46. The summed E-state index contributed by atoms with van der Waals surface area (Å²) in [5, 5.41) is -0.422. The molecular weight excluding hydrogens is 374 g/mol. The number of rotatable bonds is 3. The molecule has 0 spiro atoms. The fraction of sp³-hybridized carbons (Fsp3) is 0.238. The van der Waals surface area contributed by atoms with E-state index < -0.39 is 11.1 Å². The minimum absolute atomic E-state index is 0.216. The Morgan fingerprint density at radius 2 is 1.93 bits per heavy atom. The SMILES string of the molecule is Cc1cccc(/C=C2/SC(=O)N(CC(=O)N3CCc4ccccc4C3)C2=O)n1. The number of nitrogens with zero attached hydrogens (tertiary/aromatic N) is 3. The van der Waals surface area contributed by atoms with Gasteiger partial charge in [-0.15, -0.1) is 0 Å². The van der Waals surface area contributed by atoms with Crippen LogP contribution in [0.15, 0.2) is 47.4 Å². The number of carbonyl (C=O) groups is 3. The Bertz CT molecular complexity index is 1000. The summed E-state index contributed by atoms with van der Waals surface area (Å²) in [6.45, 7) is 2.73. The van der Waals surface area contributed by atoms with E-state index in [-0.39, 0.29) is 12.5 Å². The van der Waals surface area contributed by atoms with Crippen LogP contribution in [0.4, 0.5) is 4.79 Å². The predicted molar refractivity (Wildman–Crippen MR) is 107 cm³/mol. The summed E-state index contributed by atoms with van der Waals surface area (Å²) in [6.07, 6.45) is 2.38. The first-order valence-corrected chi connectivity index (χ1v) is 9.86. The van der Waals surface area contributed by atoms with Gasteiger partial charge in [0.15, 0.2) is 0 Å². The van der Waals surface area contributed by atoms with Crippen LogP contribution < -0.4 is 0 Å². The molecule has 0 N–H and O–H groups in total. The molecule has 4 rings (SSSR count). The second kappa shape index (κ2) is 7.59. The molecule has 2 aliphatic rings. The Labute approximate surface area is 167 Å². The number of benzene rings is 1. The van der Waals surface area contributed by atoms with Gasteiger partial charge in [-0.1, -0.05) is 30.3 Å². The maximum Gasteiger partial charge on any atom is 0.294 e. The third-order valence-electron chi connectivity index (χ3n) is 4.84. The fourth-order valence-electron chi connectivity index (χ4n) is 3.36. The van der Waals surface area contributed by atoms with E-state index in [0.29, 0.717) is 23.7 Å². The smallest absolute Gasteiger partial charge is 0.294 e. The average molecular weight is 393 g/mol. The molecule has 1 aromatic carbocycles. The first kappa shape index (κ1) is 18.4. The summed E-state index contributed by atoms with van der Waals surface area (Å²) in [5.41, 5.74) is 3.80. The standard InChI is InChI=1S/C21H19N3O3S/c1-14-5-4-8-17(22-14)11-18-20(26)24(21(27)28-18)13-19(25)23-10-9-15-6-2-3-7-16(15)12-23/h2-8,11H,9-10,12-13H2,1H3/b18-11+. The van der Waals surface area contributed by atoms with Crippen LogP contribution in [0.25, 0.3) is 6.08 Å². The molecule has 1 saturated heterocycles. The first-order valence-electron chi connectivity index (χ1n) is 9.05. The topological polar surface area (TPSA) is 70.6 Å². The van der Waals surface area contributed by atoms with Crippen LogP contribution in [0.5, 0.6) is 0 Å². The van der Waals surface area contributed by atoms with Crippen molar-refractivity contribution in [2.75, 3.05) is 13.1 Å². The van der Waals surface area contributed by atoms with Gasteiger partial charge in [0, 0.05) is 18.8 Å². The second-order valence-electron chi connectivity index (χ2n) is 6.81. The molecule has 0 unspecified atom stereocenters. The highest BCUT2D eigenvalue weighted by atomic mass is 32.2. The number of thioether (sulfide) groups is 1. The van der Waals surface area contributed by atoms with E-state index in [2.05, 4.69) is 11.1 Å². The lowest BCUT2D eigenvalue weighted by Gasteiger charge is -2.29. The zero-order valence-corrected chi connectivity index (χ0v) is 16.2. The molecule has 1 fully saturated rings. The van der Waals surface area contributed by atoms with E-state index in [4.69, 9.17) is 0 Å². The van der Waals surface area contributed by atoms with Crippen molar-refractivity contribution in [2.24, 2.45) is 0 Å². The van der Waals surface area contributed by atoms with Crippen LogP contribution in [0, 0.1) is 6.92 Å². The number of aryl methyl sites for hydroxylation is 1. The fourth-order valence-corrected chi connectivity index (χ4v) is 4.18. The molecule has 3 heterocycles. The van der Waals surface area contributed by atoms with Gasteiger partial charge in [-0.25, -0.2) is 0 Å². The van der Waals surface area contributed by atoms with E-state index in [9.17, 15) is 14.4 Å². The van der Waals surface area contributed by atoms with Crippen molar-refractivity contribution >= 4 is 34.9 Å². The van der Waals surface area contributed by atoms with E-state index in [1.807, 2.05) is 37.3 Å². The maximum atomic E-state index is 12.7. The van der Waals surface area contributed by atoms with Crippen LogP contribution >= 0.6 is 11.8 Å². The highest BCUT2D eigenvalue weighted by molar-refractivity contribution is 8.18. The van der Waals surface area contributed by atoms with Crippen LogP contribution in [0.2, 0.25) is 0 Å². The van der Waals surface area contributed by atoms with Crippen LogP contribution in [-0.4, -0.2) is 44.9 Å². The average Bonchev–Trinajstić information content (AvgIpc) is 2.95. The molecular formula is C21H19N3O3S. The number of carbonyl (C=O) groups excluding carboxylic acids is 3. The number of hydrogen-bond acceptors (Lipinski definition) is 5. The van der Waals surface area contributed by atoms with E-state index in [1.54, 1.807) is 17.0 Å².